The molecule has 4 aromatic rings. The Balaban J connectivity index is 1.56. The van der Waals surface area contributed by atoms with Gasteiger partial charge in [0.05, 0.1) is 23.1 Å². The van der Waals surface area contributed by atoms with E-state index in [1.165, 1.54) is 16.7 Å². The number of imidazole rings is 1. The van der Waals surface area contributed by atoms with Gasteiger partial charge in [-0.05, 0) is 36.1 Å². The van der Waals surface area contributed by atoms with E-state index in [0.717, 1.165) is 29.6 Å². The van der Waals surface area contributed by atoms with Gasteiger partial charge in [-0.2, -0.15) is 5.10 Å². The Labute approximate surface area is 141 Å². The Bertz CT molecular complexity index is 976. The van der Waals surface area contributed by atoms with Crippen molar-refractivity contribution in [2.75, 3.05) is 0 Å². The minimum absolute atomic E-state index is 0.968. The van der Waals surface area contributed by atoms with Gasteiger partial charge >= 0.3 is 0 Å². The average Bonchev–Trinajstić information content (AvgIpc) is 3.20. The van der Waals surface area contributed by atoms with E-state index in [1.54, 1.807) is 0 Å². The fraction of sp³-hybridized carbons (Fsp3) is 0.200. The summed E-state index contributed by atoms with van der Waals surface area (Å²) in [7, 11) is 3.98. The van der Waals surface area contributed by atoms with Crippen LogP contribution in [0.1, 0.15) is 11.3 Å². The molecule has 4 nitrogen and oxygen atoms in total. The van der Waals surface area contributed by atoms with Gasteiger partial charge in [0.2, 0.25) is 0 Å². The van der Waals surface area contributed by atoms with Crippen LogP contribution in [-0.2, 0) is 26.9 Å². The van der Waals surface area contributed by atoms with Crippen LogP contribution in [0.15, 0.2) is 61.1 Å². The third-order valence-corrected chi connectivity index (χ3v) is 4.46. The second-order valence-electron chi connectivity index (χ2n) is 6.21. The lowest BCUT2D eigenvalue weighted by atomic mass is 10.0. The topological polar surface area (TPSA) is 35.6 Å². The summed E-state index contributed by atoms with van der Waals surface area (Å²) >= 11 is 0. The van der Waals surface area contributed by atoms with Crippen LogP contribution in [0.3, 0.4) is 0 Å². The third-order valence-electron chi connectivity index (χ3n) is 4.46. The minimum atomic E-state index is 0.968. The maximum atomic E-state index is 4.55. The molecule has 0 aliphatic rings. The van der Waals surface area contributed by atoms with Gasteiger partial charge in [0.1, 0.15) is 0 Å². The lowest BCUT2D eigenvalue weighted by Crippen LogP contribution is -1.94. The van der Waals surface area contributed by atoms with Gasteiger partial charge in [-0.25, -0.2) is 4.98 Å². The van der Waals surface area contributed by atoms with Crippen molar-refractivity contribution in [1.82, 2.24) is 19.3 Å². The van der Waals surface area contributed by atoms with Crippen LogP contribution in [0.5, 0.6) is 0 Å². The molecule has 0 unspecified atom stereocenters. The molecule has 2 aromatic heterocycles. The molecule has 0 saturated carbocycles. The van der Waals surface area contributed by atoms with Crippen molar-refractivity contribution in [2.24, 2.45) is 14.1 Å². The van der Waals surface area contributed by atoms with Gasteiger partial charge in [-0.3, -0.25) is 4.68 Å². The second-order valence-corrected chi connectivity index (χ2v) is 6.21. The van der Waals surface area contributed by atoms with Gasteiger partial charge in [0, 0.05) is 25.9 Å². The lowest BCUT2D eigenvalue weighted by Gasteiger charge is -2.06. The maximum Gasteiger partial charge on any atom is 0.0962 e. The van der Waals surface area contributed by atoms with Crippen molar-refractivity contribution >= 4 is 11.0 Å². The highest BCUT2D eigenvalue weighted by molar-refractivity contribution is 5.92. The first kappa shape index (κ1) is 14.7. The zero-order valence-electron chi connectivity index (χ0n) is 14.0. The summed E-state index contributed by atoms with van der Waals surface area (Å²) in [6.07, 6.45) is 5.84. The number of fused-ring (bicyclic) bond motifs is 1. The summed E-state index contributed by atoms with van der Waals surface area (Å²) in [6, 6.07) is 17.2. The van der Waals surface area contributed by atoms with Crippen LogP contribution < -0.4 is 0 Å². The summed E-state index contributed by atoms with van der Waals surface area (Å²) in [4.78, 5) is 4.55. The van der Waals surface area contributed by atoms with Crippen molar-refractivity contribution in [1.29, 1.82) is 0 Å². The highest BCUT2D eigenvalue weighted by Gasteiger charge is 2.07. The molecule has 0 saturated heterocycles. The molecule has 2 aromatic carbocycles. The van der Waals surface area contributed by atoms with Crippen molar-refractivity contribution < 1.29 is 0 Å². The summed E-state index contributed by atoms with van der Waals surface area (Å²) in [5, 5.41) is 4.43. The third kappa shape index (κ3) is 2.71. The molecular weight excluding hydrogens is 296 g/mol. The van der Waals surface area contributed by atoms with Gasteiger partial charge < -0.3 is 4.57 Å². The SMILES string of the molecule is Cn1ccc(CCc2ccc(-c3cccc4c3ncn4C)cc2)n1. The summed E-state index contributed by atoms with van der Waals surface area (Å²) in [5.41, 5.74) is 7.08. The van der Waals surface area contributed by atoms with Crippen LogP contribution in [0.25, 0.3) is 22.2 Å². The molecule has 0 atom stereocenters. The second kappa shape index (κ2) is 5.96. The number of para-hydroxylation sites is 1. The largest absolute Gasteiger partial charge is 0.334 e. The fourth-order valence-electron chi connectivity index (χ4n) is 3.11. The van der Waals surface area contributed by atoms with Crippen molar-refractivity contribution in [3.63, 3.8) is 0 Å². The number of aryl methyl sites for hydroxylation is 4. The molecule has 0 bridgehead atoms. The summed E-state index contributed by atoms with van der Waals surface area (Å²) < 4.78 is 3.91. The predicted molar refractivity (Wildman–Crippen MR) is 96.8 cm³/mol. The molecule has 4 heteroatoms. The highest BCUT2D eigenvalue weighted by Crippen LogP contribution is 2.27. The molecular formula is C20H20N4. The normalized spacial score (nSPS) is 11.2. The van der Waals surface area contributed by atoms with Gasteiger partial charge in [-0.15, -0.1) is 0 Å². The zero-order chi connectivity index (χ0) is 16.5. The molecule has 120 valence electrons. The highest BCUT2D eigenvalue weighted by atomic mass is 15.2. The van der Waals surface area contributed by atoms with E-state index in [-0.39, 0.29) is 0 Å². The van der Waals surface area contributed by atoms with Crippen LogP contribution in [0, 0.1) is 0 Å². The average molecular weight is 316 g/mol. The van der Waals surface area contributed by atoms with Crippen LogP contribution in [0.2, 0.25) is 0 Å². The lowest BCUT2D eigenvalue weighted by molar-refractivity contribution is 0.737. The van der Waals surface area contributed by atoms with Crippen LogP contribution in [-0.4, -0.2) is 19.3 Å². The first-order valence-electron chi connectivity index (χ1n) is 8.18. The summed E-state index contributed by atoms with van der Waals surface area (Å²) in [5.74, 6) is 0. The standard InChI is InChI=1S/C20H20N4/c1-23-14-21-20-18(4-3-5-19(20)23)16-9-6-15(7-10-16)8-11-17-12-13-24(2)22-17/h3-7,9-10,12-14H,8,11H2,1-2H3. The van der Waals surface area contributed by atoms with E-state index < -0.39 is 0 Å². The van der Waals surface area contributed by atoms with Crippen molar-refractivity contribution in [3.8, 4) is 11.1 Å². The molecule has 0 N–H and O–H groups in total. The molecule has 24 heavy (non-hydrogen) atoms. The van der Waals surface area contributed by atoms with Crippen molar-refractivity contribution in [2.45, 2.75) is 12.8 Å². The monoisotopic (exact) mass is 316 g/mol. The molecule has 0 spiro atoms. The maximum absolute atomic E-state index is 4.55. The smallest absolute Gasteiger partial charge is 0.0962 e. The fourth-order valence-corrected chi connectivity index (χ4v) is 3.11. The quantitative estimate of drug-likeness (QED) is 0.575. The Morgan fingerprint density at radius 2 is 1.75 bits per heavy atom. The molecule has 0 aliphatic carbocycles. The first-order chi connectivity index (χ1) is 11.7. The van der Waals surface area contributed by atoms with E-state index in [0.29, 0.717) is 0 Å². The molecule has 0 radical (unpaired) electrons. The van der Waals surface area contributed by atoms with Gasteiger partial charge in [-0.1, -0.05) is 36.4 Å². The van der Waals surface area contributed by atoms with E-state index in [4.69, 9.17) is 0 Å². The Hall–Kier alpha value is -2.88. The van der Waals surface area contributed by atoms with E-state index in [2.05, 4.69) is 63.2 Å². The van der Waals surface area contributed by atoms with Crippen LogP contribution in [0.4, 0.5) is 0 Å². The van der Waals surface area contributed by atoms with E-state index in [9.17, 15) is 0 Å². The number of hydrogen-bond donors (Lipinski definition) is 0. The number of aromatic nitrogens is 4. The van der Waals surface area contributed by atoms with E-state index >= 15 is 0 Å². The van der Waals surface area contributed by atoms with Crippen LogP contribution >= 0.6 is 0 Å². The Kier molecular flexibility index (Phi) is 3.65. The predicted octanol–water partition coefficient (Wildman–Crippen LogP) is 3.76. The molecule has 4 rings (SSSR count). The zero-order valence-corrected chi connectivity index (χ0v) is 14.0. The summed E-state index contributed by atoms with van der Waals surface area (Å²) in [6.45, 7) is 0. The molecule has 2 heterocycles. The molecule has 0 amide bonds. The molecule has 0 aliphatic heterocycles. The number of hydrogen-bond acceptors (Lipinski definition) is 2. The molecule has 0 fully saturated rings. The van der Waals surface area contributed by atoms with Crippen molar-refractivity contribution in [3.05, 3.63) is 72.3 Å². The number of rotatable bonds is 4. The van der Waals surface area contributed by atoms with Gasteiger partial charge in [0.25, 0.3) is 0 Å². The Morgan fingerprint density at radius 3 is 2.50 bits per heavy atom. The Morgan fingerprint density at radius 1 is 0.917 bits per heavy atom. The first-order valence-corrected chi connectivity index (χ1v) is 8.18. The number of benzene rings is 2. The number of nitrogens with zero attached hydrogens (tertiary/aromatic N) is 4. The van der Waals surface area contributed by atoms with Gasteiger partial charge in [0.15, 0.2) is 0 Å². The van der Waals surface area contributed by atoms with E-state index in [1.807, 2.05) is 31.3 Å². The minimum Gasteiger partial charge on any atom is -0.334 e.